The summed E-state index contributed by atoms with van der Waals surface area (Å²) in [6, 6.07) is 14.3. The predicted molar refractivity (Wildman–Crippen MR) is 136 cm³/mol. The number of carbonyl (C=O) groups is 1. The topological polar surface area (TPSA) is 50.2 Å². The van der Waals surface area contributed by atoms with Crippen LogP contribution in [0.4, 0.5) is 0 Å². The molecule has 33 heavy (non-hydrogen) atoms. The number of aromatic nitrogens is 1. The van der Waals surface area contributed by atoms with Crippen LogP contribution in [-0.2, 0) is 24.9 Å². The Morgan fingerprint density at radius 1 is 1.06 bits per heavy atom. The molecule has 0 spiro atoms. The van der Waals surface area contributed by atoms with Gasteiger partial charge >= 0.3 is 120 Å². The maximum atomic E-state index is 11.5. The molecule has 2 heterocycles. The largest absolute Gasteiger partial charge is 0 e. The third-order valence-electron chi connectivity index (χ3n) is 5.05. The van der Waals surface area contributed by atoms with Crippen LogP contribution in [0.1, 0.15) is 72.4 Å². The molecule has 0 amide bonds. The zero-order valence-corrected chi connectivity index (χ0v) is 25.3. The first kappa shape index (κ1) is 29.5. The number of aryl methyl sites for hydroxylation is 1. The van der Waals surface area contributed by atoms with Gasteiger partial charge in [-0.2, -0.15) is 0 Å². The quantitative estimate of drug-likeness (QED) is 0.136. The predicted octanol–water partition coefficient (Wildman–Crippen LogP) is 7.28. The van der Waals surface area contributed by atoms with Gasteiger partial charge in [0.2, 0.25) is 0 Å². The van der Waals surface area contributed by atoms with E-state index in [0.29, 0.717) is 20.4 Å². The molecule has 0 saturated carbocycles. The molecule has 181 valence electrons. The Kier molecular flexibility index (Phi) is 10.5. The average molecular weight is 690 g/mol. The molecule has 3 rings (SSSR count). The van der Waals surface area contributed by atoms with E-state index in [1.54, 1.807) is 0 Å². The molecule has 5 heteroatoms. The zero-order chi connectivity index (χ0) is 24.3. The maximum absolute atomic E-state index is 11.5. The fraction of sp³-hybridized carbons (Fsp3) is 0.429. The van der Waals surface area contributed by atoms with Crippen LogP contribution in [0.25, 0.3) is 21.0 Å². The van der Waals surface area contributed by atoms with Crippen molar-refractivity contribution in [2.75, 3.05) is 0 Å². The van der Waals surface area contributed by atoms with Gasteiger partial charge in [0.05, 0.1) is 0 Å². The van der Waals surface area contributed by atoms with E-state index in [1.165, 1.54) is 21.5 Å². The number of benzene rings is 1. The molecule has 0 bridgehead atoms. The Morgan fingerprint density at radius 2 is 1.70 bits per heavy atom. The second-order valence-corrected chi connectivity index (χ2v) is 12.5. The van der Waals surface area contributed by atoms with E-state index in [4.69, 9.17) is 4.98 Å². The first-order chi connectivity index (χ1) is 14.7. The van der Waals surface area contributed by atoms with E-state index >= 15 is 0 Å². The van der Waals surface area contributed by atoms with Crippen LogP contribution in [0.15, 0.2) is 47.1 Å². The molecule has 0 aliphatic carbocycles. The summed E-state index contributed by atoms with van der Waals surface area (Å²) >= 11 is 0.472. The molecule has 0 unspecified atom stereocenters. The molecule has 0 aliphatic rings. The van der Waals surface area contributed by atoms with Gasteiger partial charge in [-0.3, -0.25) is 4.79 Å². The third-order valence-corrected chi connectivity index (χ3v) is 6.88. The fourth-order valence-electron chi connectivity index (χ4n) is 2.77. The molecule has 0 aliphatic heterocycles. The number of allylic oxidation sites excluding steroid dienone is 2. The Morgan fingerprint density at radius 3 is 2.24 bits per heavy atom. The van der Waals surface area contributed by atoms with Crippen LogP contribution >= 0.6 is 0 Å². The summed E-state index contributed by atoms with van der Waals surface area (Å²) in [4.78, 5) is 18.5. The smallest absolute Gasteiger partial charge is 0 e. The Labute approximate surface area is 218 Å². The molecule has 0 atom stereocenters. The third kappa shape index (κ3) is 8.65. The number of hydrogen-bond acceptors (Lipinski definition) is 3. The van der Waals surface area contributed by atoms with Crippen LogP contribution in [0.2, 0.25) is 0 Å². The van der Waals surface area contributed by atoms with Crippen molar-refractivity contribution >= 4 is 30.1 Å². The van der Waals surface area contributed by atoms with Crippen molar-refractivity contribution in [2.45, 2.75) is 68.2 Å². The molecule has 3 aromatic rings. The molecular weight excluding hydrogens is 653 g/mol. The summed E-state index contributed by atoms with van der Waals surface area (Å²) in [5, 5.41) is 9.56. The Hall–Kier alpha value is -1.51. The number of hydrogen-bond donors (Lipinski definition) is 1. The van der Waals surface area contributed by atoms with Crippen molar-refractivity contribution < 1.29 is 30.0 Å². The summed E-state index contributed by atoms with van der Waals surface area (Å²) in [5.74, 6) is 0.636. The van der Waals surface area contributed by atoms with Crippen LogP contribution < -0.4 is 0 Å². The first-order valence-electron chi connectivity index (χ1n) is 11.0. The number of ketones is 1. The number of nitrogens with zero attached hydrogens (tertiary/aromatic N) is 1. The van der Waals surface area contributed by atoms with Gasteiger partial charge < -0.3 is 5.11 Å². The molecule has 1 radical (unpaired) electrons. The fourth-order valence-corrected chi connectivity index (χ4v) is 4.29. The van der Waals surface area contributed by atoms with E-state index in [2.05, 4.69) is 62.1 Å². The zero-order valence-electron chi connectivity index (χ0n) is 21.2. The van der Waals surface area contributed by atoms with E-state index in [-0.39, 0.29) is 37.1 Å². The van der Waals surface area contributed by atoms with Crippen molar-refractivity contribution in [1.82, 2.24) is 4.98 Å². The van der Waals surface area contributed by atoms with Crippen molar-refractivity contribution in [1.29, 1.82) is 0 Å². The normalized spacial score (nSPS) is 12.2. The van der Waals surface area contributed by atoms with Crippen LogP contribution in [0, 0.1) is 23.8 Å². The van der Waals surface area contributed by atoms with E-state index in [9.17, 15) is 9.90 Å². The molecule has 2 aromatic heterocycles. The second kappa shape index (κ2) is 11.8. The summed E-state index contributed by atoms with van der Waals surface area (Å²) in [6.45, 7) is 17.7. The van der Waals surface area contributed by atoms with E-state index < -0.39 is 5.41 Å². The van der Waals surface area contributed by atoms with E-state index in [0.717, 1.165) is 16.8 Å². The average Bonchev–Trinajstić information content (AvgIpc) is 3.14. The van der Waals surface area contributed by atoms with E-state index in [1.807, 2.05) is 41.5 Å². The minimum Gasteiger partial charge on any atom is 0 e. The maximum Gasteiger partial charge on any atom is 0 e. The van der Waals surface area contributed by atoms with Crippen LogP contribution in [-0.4, -0.2) is 30.4 Å². The second-order valence-electron chi connectivity index (χ2n) is 10.6. The van der Waals surface area contributed by atoms with Crippen molar-refractivity contribution in [3.05, 3.63) is 64.3 Å². The SMILES string of the molecule is CC(C)(C)C(=O)/C=C(\O)C(C)(C)C.Cc1[c-]c(-c2ccc3[se]ccc3n2)cc(C(C)C)c1.[Ir]. The van der Waals surface area contributed by atoms with Crippen molar-refractivity contribution in [3.63, 3.8) is 0 Å². The number of aliphatic hydroxyl groups excluding tert-OH is 1. The summed E-state index contributed by atoms with van der Waals surface area (Å²) < 4.78 is 1.38. The number of pyridine rings is 1. The minimum absolute atomic E-state index is 0. The first-order valence-corrected chi connectivity index (χ1v) is 12.9. The molecule has 3 nitrogen and oxygen atoms in total. The van der Waals surface area contributed by atoms with Crippen molar-refractivity contribution in [2.24, 2.45) is 10.8 Å². The van der Waals surface area contributed by atoms with Gasteiger partial charge in [-0.1, -0.05) is 41.5 Å². The van der Waals surface area contributed by atoms with Gasteiger partial charge in [0.1, 0.15) is 5.76 Å². The summed E-state index contributed by atoms with van der Waals surface area (Å²) in [5.41, 5.74) is 5.06. The monoisotopic (exact) mass is 691 g/mol. The van der Waals surface area contributed by atoms with Gasteiger partial charge in [0.25, 0.3) is 0 Å². The number of aliphatic hydroxyl groups is 1. The van der Waals surface area contributed by atoms with Crippen LogP contribution in [0.3, 0.4) is 0 Å². The van der Waals surface area contributed by atoms with Gasteiger partial charge in [0.15, 0.2) is 5.78 Å². The Balaban J connectivity index is 0.000000346. The van der Waals surface area contributed by atoms with Gasteiger partial charge in [-0.05, 0) is 0 Å². The molecule has 0 saturated heterocycles. The van der Waals surface area contributed by atoms with Crippen LogP contribution in [0.5, 0.6) is 0 Å². The van der Waals surface area contributed by atoms with Crippen molar-refractivity contribution in [3.8, 4) is 11.3 Å². The number of carbonyl (C=O) groups excluding carboxylic acids is 1. The van der Waals surface area contributed by atoms with Gasteiger partial charge in [0, 0.05) is 37.0 Å². The minimum atomic E-state index is -0.417. The number of fused-ring (bicyclic) bond motifs is 1. The molecule has 1 aromatic carbocycles. The van der Waals surface area contributed by atoms with Gasteiger partial charge in [-0.25, -0.2) is 0 Å². The summed E-state index contributed by atoms with van der Waals surface area (Å²) in [6.07, 6.45) is 1.33. The molecule has 1 N–H and O–H groups in total. The standard InChI is InChI=1S/C17H16NSe.C11H20O2.Ir/c1-11(2)13-8-12(3)9-14(10-13)15-4-5-17-16(18-15)6-7-19-17;1-10(2,3)8(12)7-9(13)11(4,5)6;/h4-8,10-11H,1-3H3;7,12H,1-6H3;/q-1;;/b;8-7-;. The summed E-state index contributed by atoms with van der Waals surface area (Å²) in [7, 11) is 0. The molecular formula is C28H36IrNO2Se-. The van der Waals surface area contributed by atoms with Gasteiger partial charge in [-0.15, -0.1) is 0 Å². The molecule has 0 fully saturated rings. The number of rotatable bonds is 3. The Bertz CT molecular complexity index is 1110.